The molecule has 3 heteroatoms. The standard InChI is InChI=1S/C8H8NO2/c1-5(2)3-6-4-7(10)9-8(6)11/h3-4H,1-2H3. The number of hydrogen-bond donors (Lipinski definition) is 0. The number of hydrogen-bond acceptors (Lipinski definition) is 2. The van der Waals surface area contributed by atoms with Crippen molar-refractivity contribution in [2.75, 3.05) is 0 Å². The van der Waals surface area contributed by atoms with Gasteiger partial charge in [0.15, 0.2) is 0 Å². The van der Waals surface area contributed by atoms with Crippen LogP contribution in [0.25, 0.3) is 0 Å². The smallest absolute Gasteiger partial charge is 0.267 e. The molecule has 11 heavy (non-hydrogen) atoms. The van der Waals surface area contributed by atoms with Crippen LogP contribution in [0, 0.1) is 0 Å². The van der Waals surface area contributed by atoms with E-state index >= 15 is 0 Å². The van der Waals surface area contributed by atoms with E-state index in [9.17, 15) is 9.59 Å². The summed E-state index contributed by atoms with van der Waals surface area (Å²) in [7, 11) is 0. The molecular weight excluding hydrogens is 142 g/mol. The quantitative estimate of drug-likeness (QED) is 0.512. The topological polar surface area (TPSA) is 48.2 Å². The van der Waals surface area contributed by atoms with E-state index in [2.05, 4.69) is 5.32 Å². The average molecular weight is 150 g/mol. The largest absolute Gasteiger partial charge is 0.280 e. The van der Waals surface area contributed by atoms with E-state index in [0.29, 0.717) is 5.57 Å². The lowest BCUT2D eigenvalue weighted by Crippen LogP contribution is -2.13. The van der Waals surface area contributed by atoms with Crippen LogP contribution in [0.2, 0.25) is 0 Å². The van der Waals surface area contributed by atoms with Crippen LogP contribution < -0.4 is 5.32 Å². The molecule has 0 aromatic carbocycles. The van der Waals surface area contributed by atoms with Gasteiger partial charge in [-0.1, -0.05) is 11.6 Å². The van der Waals surface area contributed by atoms with Crippen LogP contribution in [0.3, 0.4) is 0 Å². The van der Waals surface area contributed by atoms with Gasteiger partial charge in [0.05, 0.1) is 0 Å². The van der Waals surface area contributed by atoms with Gasteiger partial charge >= 0.3 is 0 Å². The number of allylic oxidation sites excluding steroid dienone is 1. The van der Waals surface area contributed by atoms with Gasteiger partial charge in [0.1, 0.15) is 0 Å². The minimum absolute atomic E-state index is 0.384. The Morgan fingerprint density at radius 3 is 2.45 bits per heavy atom. The Morgan fingerprint density at radius 2 is 2.09 bits per heavy atom. The van der Waals surface area contributed by atoms with E-state index in [0.717, 1.165) is 5.57 Å². The molecule has 1 aliphatic rings. The first-order valence-electron chi connectivity index (χ1n) is 3.26. The summed E-state index contributed by atoms with van der Waals surface area (Å²) < 4.78 is 0. The fourth-order valence-electron chi connectivity index (χ4n) is 0.806. The van der Waals surface area contributed by atoms with Gasteiger partial charge in [0, 0.05) is 11.6 Å². The van der Waals surface area contributed by atoms with Crippen LogP contribution >= 0.6 is 0 Å². The highest BCUT2D eigenvalue weighted by Gasteiger charge is 2.20. The minimum Gasteiger partial charge on any atom is -0.267 e. The molecule has 0 unspecified atom stereocenters. The van der Waals surface area contributed by atoms with Crippen LogP contribution in [0.5, 0.6) is 0 Å². The Kier molecular flexibility index (Phi) is 1.89. The van der Waals surface area contributed by atoms with Crippen molar-refractivity contribution in [1.82, 2.24) is 5.32 Å². The van der Waals surface area contributed by atoms with Gasteiger partial charge in [-0.15, -0.1) is 0 Å². The molecule has 1 aliphatic heterocycles. The summed E-state index contributed by atoms with van der Waals surface area (Å²) in [6.45, 7) is 3.72. The predicted molar refractivity (Wildman–Crippen MR) is 39.7 cm³/mol. The van der Waals surface area contributed by atoms with Crippen LogP contribution in [0.15, 0.2) is 23.3 Å². The zero-order valence-corrected chi connectivity index (χ0v) is 6.42. The zero-order valence-electron chi connectivity index (χ0n) is 6.42. The van der Waals surface area contributed by atoms with Gasteiger partial charge < -0.3 is 0 Å². The maximum absolute atomic E-state index is 10.8. The lowest BCUT2D eigenvalue weighted by molar-refractivity contribution is -0.124. The highest BCUT2D eigenvalue weighted by atomic mass is 16.2. The summed E-state index contributed by atoms with van der Waals surface area (Å²) in [5, 5.41) is 3.21. The SMILES string of the molecule is CC(C)=CC1=CC(=O)[N]C1=O. The first-order chi connectivity index (χ1) is 5.09. The normalized spacial score (nSPS) is 16.0. The number of nitrogens with zero attached hydrogens (tertiary/aromatic N) is 1. The number of imide groups is 1. The van der Waals surface area contributed by atoms with Crippen molar-refractivity contribution in [1.29, 1.82) is 0 Å². The van der Waals surface area contributed by atoms with Crippen molar-refractivity contribution < 1.29 is 9.59 Å². The third kappa shape index (κ3) is 1.77. The van der Waals surface area contributed by atoms with Gasteiger partial charge in [-0.25, -0.2) is 0 Å². The van der Waals surface area contributed by atoms with Crippen LogP contribution in [-0.2, 0) is 9.59 Å². The van der Waals surface area contributed by atoms with E-state index in [-0.39, 0.29) is 0 Å². The fraction of sp³-hybridized carbons (Fsp3) is 0.250. The third-order valence-electron chi connectivity index (χ3n) is 1.18. The number of carbonyl (C=O) groups is 2. The Labute approximate surface area is 64.8 Å². The van der Waals surface area contributed by atoms with Gasteiger partial charge in [-0.2, -0.15) is 5.32 Å². The highest BCUT2D eigenvalue weighted by molar-refractivity contribution is 6.17. The number of carbonyl (C=O) groups excluding carboxylic acids is 2. The van der Waals surface area contributed by atoms with E-state index in [1.54, 1.807) is 6.08 Å². The molecule has 1 rings (SSSR count). The predicted octanol–water partition coefficient (Wildman–Crippen LogP) is 0.550. The number of rotatable bonds is 1. The first kappa shape index (κ1) is 7.72. The van der Waals surface area contributed by atoms with E-state index in [4.69, 9.17) is 0 Å². The van der Waals surface area contributed by atoms with Crippen molar-refractivity contribution in [3.8, 4) is 0 Å². The van der Waals surface area contributed by atoms with Gasteiger partial charge in [0.25, 0.3) is 11.8 Å². The van der Waals surface area contributed by atoms with Gasteiger partial charge in [0.2, 0.25) is 0 Å². The third-order valence-corrected chi connectivity index (χ3v) is 1.18. The van der Waals surface area contributed by atoms with E-state index in [1.165, 1.54) is 6.08 Å². The van der Waals surface area contributed by atoms with Gasteiger partial charge in [-0.05, 0) is 13.8 Å². The second-order valence-electron chi connectivity index (χ2n) is 2.58. The van der Waals surface area contributed by atoms with Crippen LogP contribution in [-0.4, -0.2) is 11.8 Å². The molecule has 0 aromatic heterocycles. The van der Waals surface area contributed by atoms with Crippen molar-refractivity contribution >= 4 is 11.8 Å². The van der Waals surface area contributed by atoms with Gasteiger partial charge in [-0.3, -0.25) is 9.59 Å². The van der Waals surface area contributed by atoms with E-state index in [1.807, 2.05) is 13.8 Å². The Morgan fingerprint density at radius 1 is 1.45 bits per heavy atom. The second-order valence-corrected chi connectivity index (χ2v) is 2.58. The molecule has 0 atom stereocenters. The lowest BCUT2D eigenvalue weighted by atomic mass is 10.2. The molecule has 1 heterocycles. The molecule has 57 valence electrons. The molecule has 0 aliphatic carbocycles. The molecule has 0 saturated heterocycles. The molecule has 0 aromatic rings. The van der Waals surface area contributed by atoms with Crippen molar-refractivity contribution in [3.05, 3.63) is 23.3 Å². The maximum atomic E-state index is 10.8. The summed E-state index contributed by atoms with van der Waals surface area (Å²) in [6, 6.07) is 0. The monoisotopic (exact) mass is 150 g/mol. The molecule has 0 N–H and O–H groups in total. The molecule has 1 radical (unpaired) electrons. The molecule has 0 fully saturated rings. The summed E-state index contributed by atoms with van der Waals surface area (Å²) >= 11 is 0. The molecule has 3 nitrogen and oxygen atoms in total. The van der Waals surface area contributed by atoms with Crippen LogP contribution in [0.1, 0.15) is 13.8 Å². The zero-order chi connectivity index (χ0) is 8.43. The molecule has 2 amide bonds. The minimum atomic E-state index is -0.456. The molecular formula is C8H8NO2. The number of amides is 2. The Bertz CT molecular complexity index is 270. The van der Waals surface area contributed by atoms with E-state index < -0.39 is 11.8 Å². The van der Waals surface area contributed by atoms with Crippen molar-refractivity contribution in [3.63, 3.8) is 0 Å². The van der Waals surface area contributed by atoms with Crippen LogP contribution in [0.4, 0.5) is 0 Å². The highest BCUT2D eigenvalue weighted by Crippen LogP contribution is 2.07. The van der Waals surface area contributed by atoms with Crippen molar-refractivity contribution in [2.24, 2.45) is 0 Å². The summed E-state index contributed by atoms with van der Waals surface area (Å²) in [6.07, 6.45) is 2.89. The summed E-state index contributed by atoms with van der Waals surface area (Å²) in [5.74, 6) is -0.890. The fourth-order valence-corrected chi connectivity index (χ4v) is 0.806. The molecule has 0 bridgehead atoms. The first-order valence-corrected chi connectivity index (χ1v) is 3.26. The summed E-state index contributed by atoms with van der Waals surface area (Å²) in [4.78, 5) is 21.4. The average Bonchev–Trinajstić information content (AvgIpc) is 2.09. The second kappa shape index (κ2) is 2.70. The molecule has 0 spiro atoms. The maximum Gasteiger partial charge on any atom is 0.280 e. The Balaban J connectivity index is 2.89. The summed E-state index contributed by atoms with van der Waals surface area (Å²) in [5.41, 5.74) is 1.37. The lowest BCUT2D eigenvalue weighted by Gasteiger charge is -1.89. The van der Waals surface area contributed by atoms with Crippen molar-refractivity contribution in [2.45, 2.75) is 13.8 Å². The Hall–Kier alpha value is -1.38. The molecule has 0 saturated carbocycles.